The van der Waals surface area contributed by atoms with Crippen molar-refractivity contribution < 1.29 is 18.6 Å². The van der Waals surface area contributed by atoms with Crippen LogP contribution in [0.1, 0.15) is 0 Å². The van der Waals surface area contributed by atoms with Crippen molar-refractivity contribution in [3.63, 3.8) is 0 Å². The summed E-state index contributed by atoms with van der Waals surface area (Å²) in [7, 11) is 0. The van der Waals surface area contributed by atoms with Crippen LogP contribution in [-0.2, 0) is 0 Å². The summed E-state index contributed by atoms with van der Waals surface area (Å²) in [6.07, 6.45) is -0.806. The van der Waals surface area contributed by atoms with Crippen molar-refractivity contribution in [2.75, 3.05) is 18.1 Å². The highest BCUT2D eigenvalue weighted by Crippen LogP contribution is 2.23. The molecule has 0 bridgehead atoms. The van der Waals surface area contributed by atoms with Crippen molar-refractivity contribution in [3.05, 3.63) is 54.1 Å². The zero-order valence-electron chi connectivity index (χ0n) is 11.1. The van der Waals surface area contributed by atoms with E-state index in [9.17, 15) is 13.9 Å². The Balaban J connectivity index is 1.82. The van der Waals surface area contributed by atoms with Gasteiger partial charge in [-0.3, -0.25) is 0 Å². The average Bonchev–Trinajstić information content (AvgIpc) is 2.46. The van der Waals surface area contributed by atoms with Gasteiger partial charge in [-0.05, 0) is 30.3 Å². The number of ether oxygens (including phenoxy) is 1. The van der Waals surface area contributed by atoms with E-state index < -0.39 is 17.7 Å². The molecule has 0 radical (unpaired) electrons. The average molecular weight is 311 g/mol. The number of halogens is 2. The highest BCUT2D eigenvalue weighted by Gasteiger charge is 2.10. The molecule has 6 heteroatoms. The minimum Gasteiger partial charge on any atom is -0.491 e. The molecule has 2 aromatic carbocycles. The third kappa shape index (κ3) is 4.91. The van der Waals surface area contributed by atoms with Gasteiger partial charge in [-0.2, -0.15) is 0 Å². The van der Waals surface area contributed by atoms with Crippen LogP contribution >= 0.6 is 11.8 Å². The molecule has 0 saturated heterocycles. The molecule has 0 saturated carbocycles. The van der Waals surface area contributed by atoms with Gasteiger partial charge >= 0.3 is 0 Å². The number of hydrogen-bond donors (Lipinski definition) is 2. The van der Waals surface area contributed by atoms with Crippen LogP contribution in [0.3, 0.4) is 0 Å². The molecule has 0 aliphatic rings. The minimum absolute atomic E-state index is 0.0490. The second-order valence-corrected chi connectivity index (χ2v) is 5.48. The van der Waals surface area contributed by atoms with Crippen molar-refractivity contribution in [3.8, 4) is 5.75 Å². The topological polar surface area (TPSA) is 55.5 Å². The lowest BCUT2D eigenvalue weighted by atomic mass is 10.3. The van der Waals surface area contributed by atoms with E-state index in [4.69, 9.17) is 10.5 Å². The number of benzene rings is 2. The molecule has 1 unspecified atom stereocenters. The van der Waals surface area contributed by atoms with Crippen LogP contribution in [0.2, 0.25) is 0 Å². The smallest absolute Gasteiger partial charge is 0.136 e. The largest absolute Gasteiger partial charge is 0.491 e. The van der Waals surface area contributed by atoms with E-state index in [1.807, 2.05) is 0 Å². The maximum absolute atomic E-state index is 13.4. The summed E-state index contributed by atoms with van der Waals surface area (Å²) in [5.74, 6) is -0.270. The van der Waals surface area contributed by atoms with Gasteiger partial charge in [0, 0.05) is 22.4 Å². The van der Waals surface area contributed by atoms with Gasteiger partial charge in [0.25, 0.3) is 0 Å². The van der Waals surface area contributed by atoms with E-state index in [1.165, 1.54) is 0 Å². The fourth-order valence-corrected chi connectivity index (χ4v) is 2.49. The Labute approximate surface area is 125 Å². The lowest BCUT2D eigenvalue weighted by Gasteiger charge is -2.12. The Hall–Kier alpha value is -1.79. The summed E-state index contributed by atoms with van der Waals surface area (Å²) < 4.78 is 31.8. The number of aliphatic hydroxyl groups is 1. The summed E-state index contributed by atoms with van der Waals surface area (Å²) in [6, 6.07) is 10.1. The van der Waals surface area contributed by atoms with Gasteiger partial charge < -0.3 is 15.6 Å². The number of nitrogen functional groups attached to an aromatic ring is 1. The van der Waals surface area contributed by atoms with Gasteiger partial charge in [0.2, 0.25) is 0 Å². The lowest BCUT2D eigenvalue weighted by Crippen LogP contribution is -2.20. The van der Waals surface area contributed by atoms with Crippen LogP contribution in [0, 0.1) is 11.6 Å². The first kappa shape index (κ1) is 15.6. The molecule has 0 amide bonds. The van der Waals surface area contributed by atoms with Crippen molar-refractivity contribution in [1.29, 1.82) is 0 Å². The molecule has 0 spiro atoms. The highest BCUT2D eigenvalue weighted by atomic mass is 32.2. The van der Waals surface area contributed by atoms with Crippen LogP contribution in [0.15, 0.2) is 47.4 Å². The third-order valence-electron chi connectivity index (χ3n) is 2.62. The number of rotatable bonds is 6. The molecule has 0 aliphatic heterocycles. The summed E-state index contributed by atoms with van der Waals surface area (Å²) in [5.41, 5.74) is 6.17. The van der Waals surface area contributed by atoms with Crippen LogP contribution in [-0.4, -0.2) is 23.6 Å². The zero-order valence-corrected chi connectivity index (χ0v) is 11.9. The standard InChI is InChI=1S/C15H15F2NO2S/c16-10-4-5-14(17)15(6-10)21-9-12(19)8-20-13-3-1-2-11(18)7-13/h1-7,12,19H,8-9,18H2. The predicted octanol–water partition coefficient (Wildman–Crippen LogP) is 3.08. The quantitative estimate of drug-likeness (QED) is 0.636. The minimum atomic E-state index is -0.806. The predicted molar refractivity (Wildman–Crippen MR) is 79.4 cm³/mol. The Morgan fingerprint density at radius 1 is 1.19 bits per heavy atom. The molecule has 0 aromatic heterocycles. The number of anilines is 1. The summed E-state index contributed by atoms with van der Waals surface area (Å²) >= 11 is 1.04. The Bertz CT molecular complexity index is 610. The Morgan fingerprint density at radius 2 is 2.00 bits per heavy atom. The SMILES string of the molecule is Nc1cccc(OCC(O)CSc2cc(F)ccc2F)c1. The van der Waals surface area contributed by atoms with Crippen LogP contribution in [0.25, 0.3) is 0 Å². The zero-order chi connectivity index (χ0) is 15.2. The molecule has 0 heterocycles. The summed E-state index contributed by atoms with van der Waals surface area (Å²) in [4.78, 5) is 0.165. The number of nitrogens with two attached hydrogens (primary N) is 1. The second kappa shape index (κ2) is 7.28. The first-order valence-corrected chi connectivity index (χ1v) is 7.27. The van der Waals surface area contributed by atoms with E-state index in [0.29, 0.717) is 11.4 Å². The second-order valence-electron chi connectivity index (χ2n) is 4.42. The van der Waals surface area contributed by atoms with E-state index in [0.717, 1.165) is 30.0 Å². The number of aliphatic hydroxyl groups excluding tert-OH is 1. The van der Waals surface area contributed by atoms with Crippen LogP contribution in [0.5, 0.6) is 5.75 Å². The molecule has 3 nitrogen and oxygen atoms in total. The maximum atomic E-state index is 13.4. The molecule has 1 atom stereocenters. The van der Waals surface area contributed by atoms with Crippen molar-refractivity contribution in [2.24, 2.45) is 0 Å². The van der Waals surface area contributed by atoms with Crippen LogP contribution in [0.4, 0.5) is 14.5 Å². The first-order valence-electron chi connectivity index (χ1n) is 6.29. The molecule has 112 valence electrons. The van der Waals surface area contributed by atoms with Crippen molar-refractivity contribution in [1.82, 2.24) is 0 Å². The van der Waals surface area contributed by atoms with E-state index in [2.05, 4.69) is 0 Å². The number of hydrogen-bond acceptors (Lipinski definition) is 4. The first-order chi connectivity index (χ1) is 10.0. The van der Waals surface area contributed by atoms with E-state index >= 15 is 0 Å². The molecular formula is C15H15F2NO2S. The Morgan fingerprint density at radius 3 is 2.76 bits per heavy atom. The summed E-state index contributed by atoms with van der Waals surface area (Å²) in [5, 5.41) is 9.81. The van der Waals surface area contributed by atoms with Crippen LogP contribution < -0.4 is 10.5 Å². The third-order valence-corrected chi connectivity index (χ3v) is 3.80. The van der Waals surface area contributed by atoms with Crippen molar-refractivity contribution in [2.45, 2.75) is 11.0 Å². The van der Waals surface area contributed by atoms with Gasteiger partial charge in [-0.1, -0.05) is 6.07 Å². The monoisotopic (exact) mass is 311 g/mol. The van der Waals surface area contributed by atoms with Gasteiger partial charge in [-0.15, -0.1) is 11.8 Å². The molecule has 2 rings (SSSR count). The molecule has 21 heavy (non-hydrogen) atoms. The fourth-order valence-electron chi connectivity index (χ4n) is 1.62. The van der Waals surface area contributed by atoms with Gasteiger partial charge in [0.05, 0.1) is 6.10 Å². The Kier molecular flexibility index (Phi) is 5.41. The van der Waals surface area contributed by atoms with Gasteiger partial charge in [-0.25, -0.2) is 8.78 Å². The summed E-state index contributed by atoms with van der Waals surface area (Å²) in [6.45, 7) is 0.0490. The van der Waals surface area contributed by atoms with E-state index in [1.54, 1.807) is 24.3 Å². The lowest BCUT2D eigenvalue weighted by molar-refractivity contribution is 0.126. The normalized spacial score (nSPS) is 12.1. The highest BCUT2D eigenvalue weighted by molar-refractivity contribution is 7.99. The molecular weight excluding hydrogens is 296 g/mol. The molecule has 2 aromatic rings. The number of thioether (sulfide) groups is 1. The van der Waals surface area contributed by atoms with Gasteiger partial charge in [0.1, 0.15) is 24.0 Å². The maximum Gasteiger partial charge on any atom is 0.136 e. The van der Waals surface area contributed by atoms with E-state index in [-0.39, 0.29) is 17.3 Å². The van der Waals surface area contributed by atoms with Crippen molar-refractivity contribution >= 4 is 17.4 Å². The fraction of sp³-hybridized carbons (Fsp3) is 0.200. The molecule has 3 N–H and O–H groups in total. The molecule has 0 fully saturated rings. The van der Waals surface area contributed by atoms with Gasteiger partial charge in [0.15, 0.2) is 0 Å². The molecule has 0 aliphatic carbocycles.